The Morgan fingerprint density at radius 2 is 2.07 bits per heavy atom. The van der Waals surface area contributed by atoms with E-state index in [1.807, 2.05) is 19.9 Å². The number of hydrogen-bond donors (Lipinski definition) is 2. The second-order valence-electron chi connectivity index (χ2n) is 3.43. The van der Waals surface area contributed by atoms with Crippen molar-refractivity contribution >= 4 is 17.2 Å². The molecule has 1 heterocycles. The number of phenols is 1. The van der Waals surface area contributed by atoms with E-state index >= 15 is 0 Å². The van der Waals surface area contributed by atoms with E-state index in [1.54, 1.807) is 6.07 Å². The van der Waals surface area contributed by atoms with Gasteiger partial charge in [0, 0.05) is 5.39 Å². The highest BCUT2D eigenvalue weighted by atomic mass is 16.3. The second kappa shape index (κ2) is 2.87. The number of aldehydes is 1. The van der Waals surface area contributed by atoms with Crippen molar-refractivity contribution in [3.05, 3.63) is 29.0 Å². The lowest BCUT2D eigenvalue weighted by molar-refractivity contribution is 0.111. The van der Waals surface area contributed by atoms with Crippen LogP contribution < -0.4 is 0 Å². The Balaban J connectivity index is 2.97. The number of phenolic OH excluding ortho intramolecular Hbond substituents is 1. The van der Waals surface area contributed by atoms with Crippen LogP contribution in [0.5, 0.6) is 5.75 Å². The number of aromatic hydroxyl groups is 1. The molecule has 0 aliphatic rings. The van der Waals surface area contributed by atoms with Gasteiger partial charge in [-0.1, -0.05) is 6.07 Å². The van der Waals surface area contributed by atoms with Crippen LogP contribution in [0.15, 0.2) is 12.1 Å². The Bertz CT molecular complexity index is 511. The van der Waals surface area contributed by atoms with Gasteiger partial charge in [-0.3, -0.25) is 4.79 Å². The highest BCUT2D eigenvalue weighted by Crippen LogP contribution is 2.31. The first-order chi connectivity index (χ1) is 6.65. The molecule has 1 aromatic heterocycles. The molecule has 0 aliphatic carbocycles. The van der Waals surface area contributed by atoms with Gasteiger partial charge in [-0.25, -0.2) is 0 Å². The second-order valence-corrected chi connectivity index (χ2v) is 3.43. The molecule has 0 spiro atoms. The quantitative estimate of drug-likeness (QED) is 0.676. The number of aromatic amines is 1. The molecule has 1 aromatic carbocycles. The molecule has 0 saturated heterocycles. The van der Waals surface area contributed by atoms with Gasteiger partial charge in [-0.2, -0.15) is 0 Å². The summed E-state index contributed by atoms with van der Waals surface area (Å²) in [5, 5.41) is 10.4. The van der Waals surface area contributed by atoms with Crippen molar-refractivity contribution in [2.75, 3.05) is 0 Å². The number of aryl methyl sites for hydroxylation is 2. The molecule has 72 valence electrons. The van der Waals surface area contributed by atoms with E-state index in [9.17, 15) is 9.90 Å². The fourth-order valence-electron chi connectivity index (χ4n) is 1.72. The summed E-state index contributed by atoms with van der Waals surface area (Å²) in [6.45, 7) is 3.76. The van der Waals surface area contributed by atoms with Gasteiger partial charge in [0.1, 0.15) is 5.75 Å². The minimum atomic E-state index is 0.215. The van der Waals surface area contributed by atoms with E-state index in [0.29, 0.717) is 5.69 Å². The first-order valence-electron chi connectivity index (χ1n) is 4.41. The smallest absolute Gasteiger partial charge is 0.166 e. The lowest BCUT2D eigenvalue weighted by Crippen LogP contribution is -1.80. The molecular weight excluding hydrogens is 178 g/mol. The molecule has 0 radical (unpaired) electrons. The van der Waals surface area contributed by atoms with Crippen molar-refractivity contribution in [3.8, 4) is 5.75 Å². The number of H-pyrrole nitrogens is 1. The molecular formula is C11H11NO2. The van der Waals surface area contributed by atoms with Crippen LogP contribution in [0, 0.1) is 13.8 Å². The molecule has 2 N–H and O–H groups in total. The fourth-order valence-corrected chi connectivity index (χ4v) is 1.72. The van der Waals surface area contributed by atoms with Crippen molar-refractivity contribution < 1.29 is 9.90 Å². The highest BCUT2D eigenvalue weighted by molar-refractivity contribution is 5.97. The van der Waals surface area contributed by atoms with E-state index in [1.165, 1.54) is 0 Å². The summed E-state index contributed by atoms with van der Waals surface area (Å²) >= 11 is 0. The zero-order valence-electron chi connectivity index (χ0n) is 8.09. The number of fused-ring (bicyclic) bond motifs is 1. The van der Waals surface area contributed by atoms with Crippen LogP contribution in [-0.4, -0.2) is 16.4 Å². The van der Waals surface area contributed by atoms with Gasteiger partial charge in [0.15, 0.2) is 6.29 Å². The Kier molecular flexibility index (Phi) is 1.81. The van der Waals surface area contributed by atoms with Gasteiger partial charge in [0.25, 0.3) is 0 Å². The lowest BCUT2D eigenvalue weighted by Gasteiger charge is -1.98. The average Bonchev–Trinajstić information content (AvgIpc) is 2.51. The number of benzene rings is 1. The number of nitrogens with one attached hydrogen (secondary N) is 1. The summed E-state index contributed by atoms with van der Waals surface area (Å²) in [4.78, 5) is 13.7. The molecule has 0 saturated carbocycles. The number of aromatic nitrogens is 1. The fraction of sp³-hybridized carbons (Fsp3) is 0.182. The Morgan fingerprint density at radius 3 is 2.64 bits per heavy atom. The number of carbonyl (C=O) groups is 1. The minimum Gasteiger partial charge on any atom is -0.507 e. The number of carbonyl (C=O) groups excluding carboxylic acids is 1. The first kappa shape index (κ1) is 8.81. The third-order valence-electron chi connectivity index (χ3n) is 2.55. The first-order valence-corrected chi connectivity index (χ1v) is 4.41. The molecule has 0 atom stereocenters. The molecule has 0 amide bonds. The van der Waals surface area contributed by atoms with Gasteiger partial charge >= 0.3 is 0 Å². The molecule has 0 unspecified atom stereocenters. The predicted molar refractivity (Wildman–Crippen MR) is 54.8 cm³/mol. The highest BCUT2D eigenvalue weighted by Gasteiger charge is 2.11. The zero-order valence-corrected chi connectivity index (χ0v) is 8.09. The topological polar surface area (TPSA) is 53.1 Å². The average molecular weight is 189 g/mol. The van der Waals surface area contributed by atoms with Crippen molar-refractivity contribution in [2.45, 2.75) is 13.8 Å². The SMILES string of the molecule is Cc1ccc(O)c2c(C)c(C=O)[nH]c12. The van der Waals surface area contributed by atoms with Crippen LogP contribution in [0.4, 0.5) is 0 Å². The van der Waals surface area contributed by atoms with Gasteiger partial charge in [-0.05, 0) is 31.0 Å². The van der Waals surface area contributed by atoms with Crippen LogP contribution in [0.3, 0.4) is 0 Å². The molecule has 3 heteroatoms. The molecule has 2 rings (SSSR count). The van der Waals surface area contributed by atoms with E-state index in [4.69, 9.17) is 0 Å². The van der Waals surface area contributed by atoms with Crippen LogP contribution in [0.1, 0.15) is 21.6 Å². The minimum absolute atomic E-state index is 0.215. The van der Waals surface area contributed by atoms with E-state index in [0.717, 1.165) is 28.3 Å². The Hall–Kier alpha value is -1.77. The van der Waals surface area contributed by atoms with Gasteiger partial charge in [0.05, 0.1) is 11.2 Å². The molecule has 0 bridgehead atoms. The summed E-state index contributed by atoms with van der Waals surface area (Å²) < 4.78 is 0. The van der Waals surface area contributed by atoms with Crippen LogP contribution in [0.25, 0.3) is 10.9 Å². The predicted octanol–water partition coefficient (Wildman–Crippen LogP) is 2.30. The van der Waals surface area contributed by atoms with Gasteiger partial charge < -0.3 is 10.1 Å². The third kappa shape index (κ3) is 1.02. The van der Waals surface area contributed by atoms with Crippen LogP contribution in [-0.2, 0) is 0 Å². The Morgan fingerprint density at radius 1 is 1.36 bits per heavy atom. The molecule has 3 nitrogen and oxygen atoms in total. The molecule has 2 aromatic rings. The van der Waals surface area contributed by atoms with Gasteiger partial charge in [0.2, 0.25) is 0 Å². The van der Waals surface area contributed by atoms with E-state index in [-0.39, 0.29) is 5.75 Å². The zero-order chi connectivity index (χ0) is 10.3. The largest absolute Gasteiger partial charge is 0.507 e. The Labute approximate surface area is 81.4 Å². The maximum Gasteiger partial charge on any atom is 0.166 e. The van der Waals surface area contributed by atoms with Crippen molar-refractivity contribution in [3.63, 3.8) is 0 Å². The molecule has 0 aliphatic heterocycles. The van der Waals surface area contributed by atoms with E-state index in [2.05, 4.69) is 4.98 Å². The van der Waals surface area contributed by atoms with E-state index < -0.39 is 0 Å². The summed E-state index contributed by atoms with van der Waals surface area (Å²) in [5.74, 6) is 0.215. The summed E-state index contributed by atoms with van der Waals surface area (Å²) in [6.07, 6.45) is 0.772. The maximum atomic E-state index is 10.7. The van der Waals surface area contributed by atoms with Crippen molar-refractivity contribution in [1.29, 1.82) is 0 Å². The standard InChI is InChI=1S/C11H11NO2/c1-6-3-4-9(14)10-7(2)8(5-13)12-11(6)10/h3-5,12,14H,1-2H3. The summed E-state index contributed by atoms with van der Waals surface area (Å²) in [7, 11) is 0. The monoisotopic (exact) mass is 189 g/mol. The van der Waals surface area contributed by atoms with Crippen LogP contribution >= 0.6 is 0 Å². The van der Waals surface area contributed by atoms with Crippen LogP contribution in [0.2, 0.25) is 0 Å². The number of rotatable bonds is 1. The lowest BCUT2D eigenvalue weighted by atomic mass is 10.1. The third-order valence-corrected chi connectivity index (χ3v) is 2.55. The summed E-state index contributed by atoms with van der Waals surface area (Å²) in [5.41, 5.74) is 3.19. The number of hydrogen-bond acceptors (Lipinski definition) is 2. The van der Waals surface area contributed by atoms with Gasteiger partial charge in [-0.15, -0.1) is 0 Å². The molecule has 0 fully saturated rings. The molecule has 14 heavy (non-hydrogen) atoms. The normalized spacial score (nSPS) is 10.7. The van der Waals surface area contributed by atoms with Crippen molar-refractivity contribution in [1.82, 2.24) is 4.98 Å². The van der Waals surface area contributed by atoms with Crippen molar-refractivity contribution in [2.24, 2.45) is 0 Å². The maximum absolute atomic E-state index is 10.7. The summed E-state index contributed by atoms with van der Waals surface area (Å²) in [6, 6.07) is 3.47.